The first-order valence-corrected chi connectivity index (χ1v) is 10.6. The van der Waals surface area contributed by atoms with Crippen LogP contribution in [-0.2, 0) is 6.54 Å². The van der Waals surface area contributed by atoms with Crippen molar-refractivity contribution in [2.75, 3.05) is 13.0 Å². The van der Waals surface area contributed by atoms with E-state index in [-0.39, 0.29) is 12.7 Å². The number of fused-ring (bicyclic) bond motifs is 2. The molecule has 1 amide bonds. The quantitative estimate of drug-likeness (QED) is 0.497. The molecule has 1 N–H and O–H groups in total. The summed E-state index contributed by atoms with van der Waals surface area (Å²) in [6, 6.07) is 15.7. The topological polar surface area (TPSA) is 77.8 Å². The van der Waals surface area contributed by atoms with Gasteiger partial charge in [0.15, 0.2) is 17.1 Å². The maximum atomic E-state index is 12.8. The van der Waals surface area contributed by atoms with Crippen molar-refractivity contribution >= 4 is 23.3 Å². The van der Waals surface area contributed by atoms with E-state index in [0.29, 0.717) is 23.5 Å². The maximum absolute atomic E-state index is 12.8. The van der Waals surface area contributed by atoms with E-state index in [2.05, 4.69) is 15.4 Å². The zero-order chi connectivity index (χ0) is 20.5. The van der Waals surface area contributed by atoms with Crippen LogP contribution in [0.5, 0.6) is 11.5 Å². The minimum absolute atomic E-state index is 0.214. The highest BCUT2D eigenvalue weighted by molar-refractivity contribution is 7.98. The minimum Gasteiger partial charge on any atom is -0.454 e. The monoisotopic (exact) mass is 418 g/mol. The number of ether oxygens (including phenoxy) is 2. The predicted octanol–water partition coefficient (Wildman–Crippen LogP) is 3.78. The summed E-state index contributed by atoms with van der Waals surface area (Å²) in [5, 5.41) is 7.35. The van der Waals surface area contributed by atoms with Gasteiger partial charge in [-0.25, -0.2) is 9.50 Å². The lowest BCUT2D eigenvalue weighted by Crippen LogP contribution is -2.22. The molecule has 0 bridgehead atoms. The molecule has 0 atom stereocenters. The molecule has 0 saturated heterocycles. The first-order valence-electron chi connectivity index (χ1n) is 9.37. The molecule has 1 aliphatic rings. The molecule has 5 rings (SSSR count). The maximum Gasteiger partial charge on any atom is 0.257 e. The Balaban J connectivity index is 1.40. The van der Waals surface area contributed by atoms with Gasteiger partial charge in [0.05, 0.1) is 11.9 Å². The van der Waals surface area contributed by atoms with Gasteiger partial charge in [0.25, 0.3) is 5.91 Å². The number of aromatic nitrogens is 3. The van der Waals surface area contributed by atoms with Gasteiger partial charge in [-0.15, -0.1) is 11.8 Å². The smallest absolute Gasteiger partial charge is 0.257 e. The second-order valence-corrected chi connectivity index (χ2v) is 7.60. The molecule has 2 aromatic carbocycles. The molecular weight excluding hydrogens is 400 g/mol. The Hall–Kier alpha value is -3.52. The summed E-state index contributed by atoms with van der Waals surface area (Å²) in [6.45, 7) is 0.656. The van der Waals surface area contributed by atoms with Crippen molar-refractivity contribution in [2.45, 2.75) is 11.4 Å². The van der Waals surface area contributed by atoms with E-state index in [0.717, 1.165) is 22.6 Å². The number of hydrogen-bond donors (Lipinski definition) is 1. The SMILES string of the molecule is CSc1ccc(CNC(=O)c2cnn3c(-c4ccc5c(c4)OCO5)ccnc23)cc1. The third kappa shape index (κ3) is 3.35. The number of thioether (sulfide) groups is 1. The Bertz CT molecular complexity index is 1240. The average Bonchev–Trinajstić information content (AvgIpc) is 3.44. The molecule has 0 saturated carbocycles. The van der Waals surface area contributed by atoms with E-state index in [4.69, 9.17) is 9.47 Å². The molecular formula is C22H18N4O3S. The number of benzene rings is 2. The van der Waals surface area contributed by atoms with Crippen molar-refractivity contribution in [3.05, 3.63) is 72.1 Å². The van der Waals surface area contributed by atoms with E-state index in [9.17, 15) is 4.79 Å². The molecule has 30 heavy (non-hydrogen) atoms. The van der Waals surface area contributed by atoms with Crippen molar-refractivity contribution in [3.8, 4) is 22.8 Å². The Kier molecular flexibility index (Phi) is 4.76. The Morgan fingerprint density at radius 2 is 1.97 bits per heavy atom. The summed E-state index contributed by atoms with van der Waals surface area (Å²) >= 11 is 1.69. The fourth-order valence-electron chi connectivity index (χ4n) is 3.35. The average molecular weight is 418 g/mol. The van der Waals surface area contributed by atoms with Crippen LogP contribution >= 0.6 is 11.8 Å². The number of hydrogen-bond acceptors (Lipinski definition) is 6. The highest BCUT2D eigenvalue weighted by atomic mass is 32.2. The predicted molar refractivity (Wildman–Crippen MR) is 114 cm³/mol. The molecule has 0 radical (unpaired) electrons. The van der Waals surface area contributed by atoms with Crippen LogP contribution in [0.2, 0.25) is 0 Å². The third-order valence-corrected chi connectivity index (χ3v) is 5.67. The van der Waals surface area contributed by atoms with Crippen LogP contribution in [0.25, 0.3) is 16.9 Å². The zero-order valence-electron chi connectivity index (χ0n) is 16.2. The van der Waals surface area contributed by atoms with Gasteiger partial charge in [-0.1, -0.05) is 12.1 Å². The van der Waals surface area contributed by atoms with E-state index in [1.807, 2.05) is 54.8 Å². The summed E-state index contributed by atoms with van der Waals surface area (Å²) in [4.78, 5) is 18.3. The molecule has 150 valence electrons. The van der Waals surface area contributed by atoms with E-state index < -0.39 is 0 Å². The number of amides is 1. The summed E-state index contributed by atoms with van der Waals surface area (Å²) in [5.41, 5.74) is 3.67. The van der Waals surface area contributed by atoms with Crippen LogP contribution in [-0.4, -0.2) is 33.6 Å². The largest absolute Gasteiger partial charge is 0.454 e. The van der Waals surface area contributed by atoms with E-state index >= 15 is 0 Å². The highest BCUT2D eigenvalue weighted by Gasteiger charge is 2.18. The molecule has 0 spiro atoms. The molecule has 1 aliphatic heterocycles. The summed E-state index contributed by atoms with van der Waals surface area (Å²) in [5.74, 6) is 1.19. The summed E-state index contributed by atoms with van der Waals surface area (Å²) in [7, 11) is 0. The van der Waals surface area contributed by atoms with E-state index in [1.54, 1.807) is 28.7 Å². The molecule has 7 nitrogen and oxygen atoms in total. The van der Waals surface area contributed by atoms with E-state index in [1.165, 1.54) is 4.90 Å². The third-order valence-electron chi connectivity index (χ3n) is 4.93. The summed E-state index contributed by atoms with van der Waals surface area (Å²) in [6.07, 6.45) is 5.26. The molecule has 0 aliphatic carbocycles. The van der Waals surface area contributed by atoms with Gasteiger partial charge in [-0.3, -0.25) is 4.79 Å². The minimum atomic E-state index is -0.214. The number of nitrogens with one attached hydrogen (secondary N) is 1. The van der Waals surface area contributed by atoms with Gasteiger partial charge in [-0.05, 0) is 48.2 Å². The number of carbonyl (C=O) groups excluding carboxylic acids is 1. The fraction of sp³-hybridized carbons (Fsp3) is 0.136. The molecule has 3 heterocycles. The molecule has 8 heteroatoms. The Morgan fingerprint density at radius 3 is 2.80 bits per heavy atom. The van der Waals surface area contributed by atoms with Gasteiger partial charge in [0.1, 0.15) is 5.56 Å². The fourth-order valence-corrected chi connectivity index (χ4v) is 3.76. The molecule has 0 fully saturated rings. The van der Waals surface area contributed by atoms with Crippen LogP contribution in [0.15, 0.2) is 65.8 Å². The van der Waals surface area contributed by atoms with Crippen molar-refractivity contribution in [1.29, 1.82) is 0 Å². The van der Waals surface area contributed by atoms with Gasteiger partial charge >= 0.3 is 0 Å². The van der Waals surface area contributed by atoms with Crippen LogP contribution in [0, 0.1) is 0 Å². The zero-order valence-corrected chi connectivity index (χ0v) is 17.0. The number of rotatable bonds is 5. The van der Waals surface area contributed by atoms with Crippen LogP contribution in [0.4, 0.5) is 0 Å². The first kappa shape index (κ1) is 18.5. The standard InChI is InChI=1S/C22H18N4O3S/c1-30-16-5-2-14(3-6-16)11-24-22(27)17-12-25-26-18(8-9-23-21(17)26)15-4-7-19-20(10-15)29-13-28-19/h2-10,12H,11,13H2,1H3,(H,24,27). The van der Waals surface area contributed by atoms with Crippen molar-refractivity contribution in [3.63, 3.8) is 0 Å². The van der Waals surface area contributed by atoms with Crippen LogP contribution < -0.4 is 14.8 Å². The second kappa shape index (κ2) is 7.72. The van der Waals surface area contributed by atoms with Gasteiger partial charge in [0.2, 0.25) is 6.79 Å². The lowest BCUT2D eigenvalue weighted by atomic mass is 10.1. The van der Waals surface area contributed by atoms with Gasteiger partial charge < -0.3 is 14.8 Å². The second-order valence-electron chi connectivity index (χ2n) is 6.72. The lowest BCUT2D eigenvalue weighted by molar-refractivity contribution is 0.0952. The number of nitrogens with zero attached hydrogens (tertiary/aromatic N) is 3. The van der Waals surface area contributed by atoms with Crippen molar-refractivity contribution in [2.24, 2.45) is 0 Å². The summed E-state index contributed by atoms with van der Waals surface area (Å²) < 4.78 is 12.5. The normalized spacial score (nSPS) is 12.3. The van der Waals surface area contributed by atoms with Gasteiger partial charge in [0, 0.05) is 23.2 Å². The van der Waals surface area contributed by atoms with Crippen LogP contribution in [0.1, 0.15) is 15.9 Å². The number of carbonyl (C=O) groups is 1. The lowest BCUT2D eigenvalue weighted by Gasteiger charge is -2.07. The van der Waals surface area contributed by atoms with Gasteiger partial charge in [-0.2, -0.15) is 5.10 Å². The van der Waals surface area contributed by atoms with Crippen molar-refractivity contribution in [1.82, 2.24) is 19.9 Å². The van der Waals surface area contributed by atoms with Crippen LogP contribution in [0.3, 0.4) is 0 Å². The molecule has 2 aromatic heterocycles. The highest BCUT2D eigenvalue weighted by Crippen LogP contribution is 2.35. The first-order chi connectivity index (χ1) is 14.7. The Morgan fingerprint density at radius 1 is 1.13 bits per heavy atom. The Labute approximate surface area is 177 Å². The molecule has 0 unspecified atom stereocenters. The molecule has 4 aromatic rings. The van der Waals surface area contributed by atoms with Crippen molar-refractivity contribution < 1.29 is 14.3 Å².